The molecule has 9 N–H and O–H groups in total. The first-order valence-corrected chi connectivity index (χ1v) is 23.0. The fourth-order valence-electron chi connectivity index (χ4n) is 6.72. The second-order valence-corrected chi connectivity index (χ2v) is 15.8. The van der Waals surface area contributed by atoms with E-state index >= 15 is 0 Å². The van der Waals surface area contributed by atoms with E-state index in [0.29, 0.717) is 6.42 Å². The number of amides is 1. The number of unbranched alkanes of at least 4 members (excludes halogenated alkanes) is 5. The van der Waals surface area contributed by atoms with Crippen molar-refractivity contribution in [1.82, 2.24) is 5.32 Å². The molecule has 2 aliphatic rings. The molecule has 2 heterocycles. The Morgan fingerprint density at radius 1 is 0.587 bits per heavy atom. The van der Waals surface area contributed by atoms with Gasteiger partial charge in [0.15, 0.2) is 12.6 Å². The van der Waals surface area contributed by atoms with Gasteiger partial charge >= 0.3 is 0 Å². The third-order valence-electron chi connectivity index (χ3n) is 10.5. The minimum Gasteiger partial charge on any atom is -0.394 e. The molecular weight excluding hydrogens is 811 g/mol. The molecule has 2 aliphatic heterocycles. The molecule has 2 saturated heterocycles. The summed E-state index contributed by atoms with van der Waals surface area (Å²) in [5.74, 6) is -0.288. The van der Waals surface area contributed by atoms with Crippen LogP contribution in [-0.4, -0.2) is 140 Å². The van der Waals surface area contributed by atoms with Crippen LogP contribution in [0.4, 0.5) is 0 Å². The van der Waals surface area contributed by atoms with Crippen LogP contribution in [0.2, 0.25) is 0 Å². The molecule has 0 bridgehead atoms. The number of hydrogen-bond donors (Lipinski definition) is 9. The normalized spacial score (nSPS) is 28.4. The summed E-state index contributed by atoms with van der Waals surface area (Å²) in [6.45, 7) is 2.43. The van der Waals surface area contributed by atoms with Gasteiger partial charge in [-0.05, 0) is 70.6 Å². The quantitative estimate of drug-likeness (QED) is 0.0327. The molecule has 358 valence electrons. The van der Waals surface area contributed by atoms with E-state index in [1.807, 2.05) is 13.0 Å². The van der Waals surface area contributed by atoms with Crippen LogP contribution in [0.25, 0.3) is 0 Å². The summed E-state index contributed by atoms with van der Waals surface area (Å²) >= 11 is 0. The maximum Gasteiger partial charge on any atom is 0.220 e. The van der Waals surface area contributed by atoms with Gasteiger partial charge in [-0.2, -0.15) is 0 Å². The topological polar surface area (TPSA) is 228 Å². The fourth-order valence-corrected chi connectivity index (χ4v) is 6.72. The van der Waals surface area contributed by atoms with E-state index in [-0.39, 0.29) is 18.9 Å². The van der Waals surface area contributed by atoms with Crippen LogP contribution in [-0.2, 0) is 23.7 Å². The summed E-state index contributed by atoms with van der Waals surface area (Å²) in [5, 5.41) is 85.8. The lowest BCUT2D eigenvalue weighted by Crippen LogP contribution is -2.65. The van der Waals surface area contributed by atoms with Gasteiger partial charge in [-0.15, -0.1) is 0 Å². The van der Waals surface area contributed by atoms with Crippen LogP contribution in [0.3, 0.4) is 0 Å². The lowest BCUT2D eigenvalue weighted by atomic mass is 9.97. The molecule has 0 aliphatic carbocycles. The van der Waals surface area contributed by atoms with Gasteiger partial charge in [0.05, 0.1) is 32.0 Å². The van der Waals surface area contributed by atoms with Crippen molar-refractivity contribution in [2.24, 2.45) is 0 Å². The van der Waals surface area contributed by atoms with Gasteiger partial charge in [0.25, 0.3) is 0 Å². The number of hydrogen-bond acceptors (Lipinski definition) is 13. The van der Waals surface area contributed by atoms with Gasteiger partial charge < -0.3 is 65.1 Å². The van der Waals surface area contributed by atoms with Crippen LogP contribution in [0.5, 0.6) is 0 Å². The third kappa shape index (κ3) is 23.1. The van der Waals surface area contributed by atoms with Crippen molar-refractivity contribution in [2.45, 2.75) is 184 Å². The van der Waals surface area contributed by atoms with Gasteiger partial charge in [0.1, 0.15) is 48.8 Å². The summed E-state index contributed by atoms with van der Waals surface area (Å²) in [7, 11) is 0. The molecule has 0 spiro atoms. The molecule has 14 nitrogen and oxygen atoms in total. The predicted octanol–water partition coefficient (Wildman–Crippen LogP) is 4.81. The predicted molar refractivity (Wildman–Crippen MR) is 244 cm³/mol. The summed E-state index contributed by atoms with van der Waals surface area (Å²) < 4.78 is 22.4. The zero-order chi connectivity index (χ0) is 46.1. The Balaban J connectivity index is 1.73. The van der Waals surface area contributed by atoms with Crippen molar-refractivity contribution in [1.29, 1.82) is 0 Å². The van der Waals surface area contributed by atoms with Crippen molar-refractivity contribution in [3.8, 4) is 0 Å². The number of rotatable bonds is 32. The highest BCUT2D eigenvalue weighted by Gasteiger charge is 2.50. The van der Waals surface area contributed by atoms with E-state index in [1.54, 1.807) is 6.08 Å². The number of carbonyl (C=O) groups excluding carboxylic acids is 1. The van der Waals surface area contributed by atoms with Crippen molar-refractivity contribution >= 4 is 5.91 Å². The number of aliphatic hydroxyl groups is 8. The molecule has 63 heavy (non-hydrogen) atoms. The third-order valence-corrected chi connectivity index (χ3v) is 10.5. The van der Waals surface area contributed by atoms with E-state index in [4.69, 9.17) is 18.9 Å². The molecule has 14 heteroatoms. The minimum atomic E-state index is -1.79. The standard InChI is InChI=1S/C49H79NO13/c1-3-5-7-9-10-11-12-13-14-15-16-17-18-19-20-21-22-23-24-25-26-27-28-29-31-33-41(54)50-37(38(53)32-30-8-6-4-2)36-60-48-46(59)44(57)47(40(35-52)62-48)63-49-45(58)43(56)42(55)39(34-51)61-49/h5,7,10-11,13-14,16-17,19-20,22-23,25-26,30,32,37-40,42-49,51-53,55-59H,3-4,6,8-9,12,15,18,21,24,27-29,31,33-36H2,1-2H3,(H,50,54)/b7-5-,11-10-,14-13-,17-16-,20-19-,23-22-,26-25-,32-30+. The first-order valence-electron chi connectivity index (χ1n) is 23.0. The summed E-state index contributed by atoms with van der Waals surface area (Å²) in [6, 6.07) is -0.934. The molecule has 0 aromatic carbocycles. The van der Waals surface area contributed by atoms with Crippen LogP contribution in [0, 0.1) is 0 Å². The number of ether oxygens (including phenoxy) is 4. The molecule has 1 amide bonds. The van der Waals surface area contributed by atoms with Gasteiger partial charge in [-0.1, -0.05) is 130 Å². The van der Waals surface area contributed by atoms with E-state index in [0.717, 1.165) is 83.5 Å². The molecule has 0 saturated carbocycles. The molecule has 2 rings (SSSR count). The lowest BCUT2D eigenvalue weighted by molar-refractivity contribution is -0.359. The van der Waals surface area contributed by atoms with Crippen molar-refractivity contribution < 1.29 is 64.6 Å². The maximum absolute atomic E-state index is 13.0. The van der Waals surface area contributed by atoms with Gasteiger partial charge in [0.2, 0.25) is 5.91 Å². The molecule has 2 fully saturated rings. The second-order valence-electron chi connectivity index (χ2n) is 15.8. The monoisotopic (exact) mass is 890 g/mol. The van der Waals surface area contributed by atoms with Gasteiger partial charge in [0, 0.05) is 6.42 Å². The molecule has 0 radical (unpaired) electrons. The number of aliphatic hydroxyl groups excluding tert-OH is 8. The zero-order valence-electron chi connectivity index (χ0n) is 37.5. The Morgan fingerprint density at radius 2 is 1.10 bits per heavy atom. The molecule has 0 aromatic rings. The van der Waals surface area contributed by atoms with Crippen molar-refractivity contribution in [3.05, 3.63) is 97.2 Å². The highest BCUT2D eigenvalue weighted by molar-refractivity contribution is 5.76. The second kappa shape index (κ2) is 35.2. The number of carbonyl (C=O) groups is 1. The Bertz CT molecular complexity index is 1420. The average molecular weight is 890 g/mol. The molecular formula is C49H79NO13. The Morgan fingerprint density at radius 3 is 1.63 bits per heavy atom. The number of allylic oxidation sites excluding steroid dienone is 15. The molecule has 12 unspecified atom stereocenters. The van der Waals surface area contributed by atoms with Crippen LogP contribution >= 0.6 is 0 Å². The average Bonchev–Trinajstić information content (AvgIpc) is 3.28. The van der Waals surface area contributed by atoms with Gasteiger partial charge in [-0.25, -0.2) is 0 Å². The molecule has 12 atom stereocenters. The van der Waals surface area contributed by atoms with E-state index in [9.17, 15) is 45.6 Å². The Labute approximate surface area is 375 Å². The smallest absolute Gasteiger partial charge is 0.220 e. The lowest BCUT2D eigenvalue weighted by Gasteiger charge is -2.46. The van der Waals surface area contributed by atoms with E-state index in [1.165, 1.54) is 0 Å². The highest BCUT2D eigenvalue weighted by Crippen LogP contribution is 2.29. The highest BCUT2D eigenvalue weighted by atomic mass is 16.7. The summed E-state index contributed by atoms with van der Waals surface area (Å²) in [6.07, 6.45) is 29.7. The Kier molecular flexibility index (Phi) is 31.3. The largest absolute Gasteiger partial charge is 0.394 e. The van der Waals surface area contributed by atoms with Crippen LogP contribution < -0.4 is 5.32 Å². The van der Waals surface area contributed by atoms with Crippen LogP contribution in [0.15, 0.2) is 97.2 Å². The summed E-state index contributed by atoms with van der Waals surface area (Å²) in [4.78, 5) is 13.0. The molecule has 0 aromatic heterocycles. The maximum atomic E-state index is 13.0. The van der Waals surface area contributed by atoms with Crippen molar-refractivity contribution in [3.63, 3.8) is 0 Å². The zero-order valence-corrected chi connectivity index (χ0v) is 37.5. The SMILES string of the molecule is CC/C=C\C/C=C\C/C=C\C/C=C\C/C=C\C/C=C\C/C=C\CCCCCC(=O)NC(COC1OC(CO)C(OC2OC(CO)C(O)C(O)C2O)C(O)C1O)C(O)/C=C/CCCC. The first kappa shape index (κ1) is 56.0. The van der Waals surface area contributed by atoms with E-state index in [2.05, 4.69) is 97.3 Å². The van der Waals surface area contributed by atoms with E-state index < -0.39 is 86.8 Å². The van der Waals surface area contributed by atoms with Crippen LogP contribution in [0.1, 0.15) is 110 Å². The minimum absolute atomic E-state index is 0.232. The first-order chi connectivity index (χ1) is 30.6. The number of nitrogens with one attached hydrogen (secondary N) is 1. The summed E-state index contributed by atoms with van der Waals surface area (Å²) in [5.41, 5.74) is 0. The van der Waals surface area contributed by atoms with Crippen molar-refractivity contribution in [2.75, 3.05) is 19.8 Å². The van der Waals surface area contributed by atoms with Gasteiger partial charge in [-0.3, -0.25) is 4.79 Å². The fraction of sp³-hybridized carbons (Fsp3) is 0.653. The Hall–Kier alpha value is -3.09.